The summed E-state index contributed by atoms with van der Waals surface area (Å²) in [5, 5.41) is 0. The number of hydrazine groups is 1. The normalized spacial score (nSPS) is 24.2. The Morgan fingerprint density at radius 1 is 1.62 bits per heavy atom. The smallest absolute Gasteiger partial charge is 0.208 e. The molecule has 1 aliphatic heterocycles. The maximum absolute atomic E-state index is 5.36. The van der Waals surface area contributed by atoms with Gasteiger partial charge >= 0.3 is 0 Å². The SMILES string of the molecule is CN=C(NN)N1CCC(C(C)C)C1. The third-order valence-electron chi connectivity index (χ3n) is 2.81. The lowest BCUT2D eigenvalue weighted by Gasteiger charge is -2.20. The first-order valence-electron chi connectivity index (χ1n) is 4.87. The molecule has 4 nitrogen and oxygen atoms in total. The van der Waals surface area contributed by atoms with Crippen molar-refractivity contribution < 1.29 is 0 Å². The standard InChI is InChI=1S/C9H20N4/c1-7(2)8-4-5-13(6-8)9(11-3)12-10/h7-8H,4-6,10H2,1-3H3,(H,11,12). The fourth-order valence-corrected chi connectivity index (χ4v) is 1.82. The lowest BCUT2D eigenvalue weighted by atomic mass is 9.95. The Kier molecular flexibility index (Phi) is 3.54. The summed E-state index contributed by atoms with van der Waals surface area (Å²) in [4.78, 5) is 6.30. The van der Waals surface area contributed by atoms with Crippen molar-refractivity contribution in [3.8, 4) is 0 Å². The molecule has 13 heavy (non-hydrogen) atoms. The van der Waals surface area contributed by atoms with E-state index in [4.69, 9.17) is 5.84 Å². The molecule has 0 aromatic carbocycles. The molecular weight excluding hydrogens is 164 g/mol. The Hall–Kier alpha value is -0.770. The van der Waals surface area contributed by atoms with Crippen molar-refractivity contribution in [2.75, 3.05) is 20.1 Å². The number of nitrogens with two attached hydrogens (primary N) is 1. The van der Waals surface area contributed by atoms with Gasteiger partial charge in [-0.3, -0.25) is 10.4 Å². The Labute approximate surface area is 80.2 Å². The number of likely N-dealkylation sites (tertiary alicyclic amines) is 1. The van der Waals surface area contributed by atoms with Gasteiger partial charge in [0.05, 0.1) is 0 Å². The van der Waals surface area contributed by atoms with Crippen molar-refractivity contribution in [2.24, 2.45) is 22.7 Å². The number of guanidine groups is 1. The quantitative estimate of drug-likeness (QED) is 0.269. The zero-order chi connectivity index (χ0) is 9.84. The van der Waals surface area contributed by atoms with Crippen LogP contribution in [0, 0.1) is 11.8 Å². The predicted octanol–water partition coefficient (Wildman–Crippen LogP) is 0.413. The molecule has 1 saturated heterocycles. The van der Waals surface area contributed by atoms with Crippen molar-refractivity contribution in [1.82, 2.24) is 10.3 Å². The summed E-state index contributed by atoms with van der Waals surface area (Å²) in [5.41, 5.74) is 2.63. The average molecular weight is 184 g/mol. The van der Waals surface area contributed by atoms with Gasteiger partial charge in [-0.1, -0.05) is 13.8 Å². The molecule has 1 heterocycles. The van der Waals surface area contributed by atoms with E-state index in [1.807, 2.05) is 0 Å². The number of aliphatic imine (C=N–C) groups is 1. The van der Waals surface area contributed by atoms with Crippen LogP contribution in [0.1, 0.15) is 20.3 Å². The number of hydrogen-bond donors (Lipinski definition) is 2. The van der Waals surface area contributed by atoms with Crippen LogP contribution in [0.2, 0.25) is 0 Å². The minimum absolute atomic E-state index is 0.751. The van der Waals surface area contributed by atoms with Gasteiger partial charge in [-0.2, -0.15) is 0 Å². The van der Waals surface area contributed by atoms with Crippen LogP contribution in [0.15, 0.2) is 4.99 Å². The Bertz CT molecular complexity index is 188. The van der Waals surface area contributed by atoms with Gasteiger partial charge < -0.3 is 4.90 Å². The summed E-state index contributed by atoms with van der Waals surface area (Å²) in [7, 11) is 1.76. The van der Waals surface area contributed by atoms with Crippen LogP contribution in [0.25, 0.3) is 0 Å². The van der Waals surface area contributed by atoms with Crippen molar-refractivity contribution in [2.45, 2.75) is 20.3 Å². The molecule has 3 N–H and O–H groups in total. The zero-order valence-corrected chi connectivity index (χ0v) is 8.75. The number of nitrogens with one attached hydrogen (secondary N) is 1. The van der Waals surface area contributed by atoms with E-state index < -0.39 is 0 Å². The first kappa shape index (κ1) is 10.3. The van der Waals surface area contributed by atoms with E-state index in [1.165, 1.54) is 6.42 Å². The third kappa shape index (κ3) is 2.34. The molecular formula is C9H20N4. The molecule has 0 aromatic rings. The van der Waals surface area contributed by atoms with Gasteiger partial charge in [0.1, 0.15) is 0 Å². The molecule has 0 aromatic heterocycles. The minimum Gasteiger partial charge on any atom is -0.342 e. The molecule has 1 aliphatic rings. The molecule has 1 atom stereocenters. The highest BCUT2D eigenvalue weighted by Crippen LogP contribution is 2.23. The minimum atomic E-state index is 0.751. The Morgan fingerprint density at radius 2 is 2.31 bits per heavy atom. The van der Waals surface area contributed by atoms with Gasteiger partial charge in [-0.25, -0.2) is 5.84 Å². The van der Waals surface area contributed by atoms with Gasteiger partial charge in [0.15, 0.2) is 0 Å². The van der Waals surface area contributed by atoms with Gasteiger partial charge in [0.2, 0.25) is 5.96 Å². The van der Waals surface area contributed by atoms with Gasteiger partial charge in [-0.15, -0.1) is 0 Å². The molecule has 1 rings (SSSR count). The fourth-order valence-electron chi connectivity index (χ4n) is 1.82. The van der Waals surface area contributed by atoms with E-state index in [9.17, 15) is 0 Å². The second kappa shape index (κ2) is 4.46. The van der Waals surface area contributed by atoms with Gasteiger partial charge in [-0.05, 0) is 18.3 Å². The van der Waals surface area contributed by atoms with Gasteiger partial charge in [0.25, 0.3) is 0 Å². The van der Waals surface area contributed by atoms with Crippen LogP contribution in [-0.4, -0.2) is 31.0 Å². The average Bonchev–Trinajstić information content (AvgIpc) is 2.56. The maximum atomic E-state index is 5.36. The van der Waals surface area contributed by atoms with E-state index in [-0.39, 0.29) is 0 Å². The van der Waals surface area contributed by atoms with Crippen molar-refractivity contribution in [3.63, 3.8) is 0 Å². The molecule has 4 heteroatoms. The van der Waals surface area contributed by atoms with Crippen LogP contribution in [-0.2, 0) is 0 Å². The molecule has 1 unspecified atom stereocenters. The molecule has 0 aliphatic carbocycles. The zero-order valence-electron chi connectivity index (χ0n) is 8.75. The highest BCUT2D eigenvalue weighted by atomic mass is 15.4. The lowest BCUT2D eigenvalue weighted by Crippen LogP contribution is -2.43. The van der Waals surface area contributed by atoms with E-state index in [2.05, 4.69) is 29.2 Å². The van der Waals surface area contributed by atoms with E-state index in [0.717, 1.165) is 30.9 Å². The summed E-state index contributed by atoms with van der Waals surface area (Å²) in [6.45, 7) is 6.69. The molecule has 76 valence electrons. The topological polar surface area (TPSA) is 53.6 Å². The first-order chi connectivity index (χ1) is 6.19. The van der Waals surface area contributed by atoms with Crippen molar-refractivity contribution in [3.05, 3.63) is 0 Å². The molecule has 0 spiro atoms. The van der Waals surface area contributed by atoms with E-state index in [0.29, 0.717) is 0 Å². The Balaban J connectivity index is 2.49. The Morgan fingerprint density at radius 3 is 2.69 bits per heavy atom. The summed E-state index contributed by atoms with van der Waals surface area (Å²) in [6.07, 6.45) is 1.25. The summed E-state index contributed by atoms with van der Waals surface area (Å²) in [5.74, 6) is 7.70. The molecule has 0 saturated carbocycles. The first-order valence-corrected chi connectivity index (χ1v) is 4.87. The van der Waals surface area contributed by atoms with Crippen LogP contribution >= 0.6 is 0 Å². The number of hydrogen-bond acceptors (Lipinski definition) is 2. The number of rotatable bonds is 1. The molecule has 1 fully saturated rings. The maximum Gasteiger partial charge on any atom is 0.208 e. The second-order valence-corrected chi connectivity index (χ2v) is 3.93. The highest BCUT2D eigenvalue weighted by Gasteiger charge is 2.26. The molecule has 0 bridgehead atoms. The number of nitrogens with zero attached hydrogens (tertiary/aromatic N) is 2. The summed E-state index contributed by atoms with van der Waals surface area (Å²) >= 11 is 0. The molecule has 0 amide bonds. The van der Waals surface area contributed by atoms with Crippen molar-refractivity contribution >= 4 is 5.96 Å². The summed E-state index contributed by atoms with van der Waals surface area (Å²) in [6, 6.07) is 0. The third-order valence-corrected chi connectivity index (χ3v) is 2.81. The second-order valence-electron chi connectivity index (χ2n) is 3.93. The van der Waals surface area contributed by atoms with Crippen LogP contribution in [0.5, 0.6) is 0 Å². The van der Waals surface area contributed by atoms with E-state index >= 15 is 0 Å². The fraction of sp³-hybridized carbons (Fsp3) is 0.889. The van der Waals surface area contributed by atoms with Crippen LogP contribution in [0.3, 0.4) is 0 Å². The van der Waals surface area contributed by atoms with Crippen molar-refractivity contribution in [1.29, 1.82) is 0 Å². The van der Waals surface area contributed by atoms with Gasteiger partial charge in [0, 0.05) is 20.1 Å². The summed E-state index contributed by atoms with van der Waals surface area (Å²) < 4.78 is 0. The predicted molar refractivity (Wildman–Crippen MR) is 55.2 cm³/mol. The highest BCUT2D eigenvalue weighted by molar-refractivity contribution is 5.79. The lowest BCUT2D eigenvalue weighted by molar-refractivity contribution is 0.384. The molecule has 0 radical (unpaired) electrons. The van der Waals surface area contributed by atoms with Crippen LogP contribution < -0.4 is 11.3 Å². The monoisotopic (exact) mass is 184 g/mol. The van der Waals surface area contributed by atoms with E-state index in [1.54, 1.807) is 7.05 Å². The largest absolute Gasteiger partial charge is 0.342 e. The van der Waals surface area contributed by atoms with Crippen LogP contribution in [0.4, 0.5) is 0 Å².